The summed E-state index contributed by atoms with van der Waals surface area (Å²) in [6.45, 7) is 8.20. The second kappa shape index (κ2) is 13.6. The van der Waals surface area contributed by atoms with E-state index in [1.807, 2.05) is 13.8 Å². The fourth-order valence-corrected chi connectivity index (χ4v) is 2.83. The number of carbonyl (C=O) groups is 5. The van der Waals surface area contributed by atoms with Crippen molar-refractivity contribution in [2.45, 2.75) is 84.2 Å². The Hall–Kier alpha value is -2.73. The van der Waals surface area contributed by atoms with Crippen molar-refractivity contribution < 1.29 is 34.2 Å². The zero-order valence-corrected chi connectivity index (χ0v) is 19.3. The Morgan fingerprint density at radius 2 is 1.38 bits per heavy atom. The molecule has 5 atom stereocenters. The van der Waals surface area contributed by atoms with Gasteiger partial charge >= 0.3 is 5.97 Å². The molecule has 0 aliphatic carbocycles. The number of aliphatic hydroxyl groups is 1. The van der Waals surface area contributed by atoms with Gasteiger partial charge in [0.25, 0.3) is 0 Å². The maximum Gasteiger partial charge on any atom is 0.328 e. The van der Waals surface area contributed by atoms with Gasteiger partial charge in [0.05, 0.1) is 12.1 Å². The van der Waals surface area contributed by atoms with Gasteiger partial charge in [0, 0.05) is 6.42 Å². The number of nitrogens with one attached hydrogen (secondary N) is 3. The van der Waals surface area contributed by atoms with E-state index in [2.05, 4.69) is 16.0 Å². The maximum absolute atomic E-state index is 12.9. The van der Waals surface area contributed by atoms with Crippen LogP contribution in [0.3, 0.4) is 0 Å². The minimum atomic E-state index is -1.55. The second-order valence-corrected chi connectivity index (χ2v) is 8.60. The SMILES string of the molecule is CC(C)CC(NC(=O)C(N)CCC(N)=O)C(=O)NC(C(=O)NC(C(=O)O)C(C)O)C(C)C. The molecule has 0 aromatic carbocycles. The molecule has 0 aliphatic heterocycles. The minimum absolute atomic E-state index is 0.00542. The van der Waals surface area contributed by atoms with Crippen LogP contribution in [0.1, 0.15) is 53.9 Å². The van der Waals surface area contributed by atoms with Crippen LogP contribution in [0.5, 0.6) is 0 Å². The number of aliphatic hydroxyl groups excluding tert-OH is 1. The van der Waals surface area contributed by atoms with Crippen molar-refractivity contribution in [2.24, 2.45) is 23.3 Å². The summed E-state index contributed by atoms with van der Waals surface area (Å²) in [5, 5.41) is 26.0. The highest BCUT2D eigenvalue weighted by atomic mass is 16.4. The average molecular weight is 460 g/mol. The minimum Gasteiger partial charge on any atom is -0.480 e. The zero-order chi connectivity index (χ0) is 25.2. The molecule has 0 fully saturated rings. The van der Waals surface area contributed by atoms with Gasteiger partial charge in [-0.05, 0) is 31.6 Å². The molecule has 0 aromatic heterocycles. The largest absolute Gasteiger partial charge is 0.480 e. The van der Waals surface area contributed by atoms with Gasteiger partial charge in [0.1, 0.15) is 12.1 Å². The third-order valence-electron chi connectivity index (χ3n) is 4.67. The Morgan fingerprint density at radius 1 is 0.844 bits per heavy atom. The van der Waals surface area contributed by atoms with Crippen LogP contribution in [0.15, 0.2) is 0 Å². The normalized spacial score (nSPS) is 15.9. The molecule has 0 aliphatic rings. The third kappa shape index (κ3) is 10.5. The Labute approximate surface area is 187 Å². The van der Waals surface area contributed by atoms with Gasteiger partial charge < -0.3 is 37.6 Å². The quantitative estimate of drug-likeness (QED) is 0.157. The molecule has 9 N–H and O–H groups in total. The molecule has 184 valence electrons. The first-order valence-corrected chi connectivity index (χ1v) is 10.5. The van der Waals surface area contributed by atoms with Crippen molar-refractivity contribution in [1.29, 1.82) is 0 Å². The van der Waals surface area contributed by atoms with Crippen LogP contribution in [0.25, 0.3) is 0 Å². The number of aliphatic carboxylic acids is 1. The lowest BCUT2D eigenvalue weighted by Gasteiger charge is -2.28. The molecule has 12 heteroatoms. The molecule has 0 radical (unpaired) electrons. The lowest BCUT2D eigenvalue weighted by Crippen LogP contribution is -2.59. The van der Waals surface area contributed by atoms with Crippen LogP contribution in [0.4, 0.5) is 0 Å². The second-order valence-electron chi connectivity index (χ2n) is 8.60. The first-order chi connectivity index (χ1) is 14.7. The molecule has 4 amide bonds. The first kappa shape index (κ1) is 29.3. The summed E-state index contributed by atoms with van der Waals surface area (Å²) in [4.78, 5) is 60.0. The monoisotopic (exact) mass is 459 g/mol. The summed E-state index contributed by atoms with van der Waals surface area (Å²) >= 11 is 0. The van der Waals surface area contributed by atoms with E-state index in [-0.39, 0.29) is 25.2 Å². The van der Waals surface area contributed by atoms with E-state index in [9.17, 15) is 29.1 Å². The van der Waals surface area contributed by atoms with Gasteiger partial charge in [0.2, 0.25) is 23.6 Å². The number of rotatable bonds is 14. The number of hydrogen-bond acceptors (Lipinski definition) is 7. The lowest BCUT2D eigenvalue weighted by molar-refractivity contribution is -0.145. The number of carboxylic acid groups (broad SMARTS) is 1. The zero-order valence-electron chi connectivity index (χ0n) is 19.3. The summed E-state index contributed by atoms with van der Waals surface area (Å²) in [6, 6.07) is -4.71. The van der Waals surface area contributed by atoms with Gasteiger partial charge in [-0.15, -0.1) is 0 Å². The Balaban J connectivity index is 5.39. The van der Waals surface area contributed by atoms with Gasteiger partial charge in [-0.1, -0.05) is 27.7 Å². The highest BCUT2D eigenvalue weighted by Crippen LogP contribution is 2.09. The number of nitrogens with two attached hydrogens (primary N) is 2. The standard InChI is InChI=1S/C20H37N5O7/c1-9(2)8-13(23-17(28)12(21)6-7-14(22)27)18(29)24-15(10(3)4)19(30)25-16(11(5)26)20(31)32/h9-13,15-16,26H,6-8,21H2,1-5H3,(H2,22,27)(H,23,28)(H,24,29)(H,25,30)(H,31,32). The fourth-order valence-electron chi connectivity index (χ4n) is 2.83. The number of carboxylic acids is 1. The molecule has 0 aromatic rings. The highest BCUT2D eigenvalue weighted by Gasteiger charge is 2.33. The highest BCUT2D eigenvalue weighted by molar-refractivity contribution is 5.94. The fraction of sp³-hybridized carbons (Fsp3) is 0.750. The van der Waals surface area contributed by atoms with E-state index >= 15 is 0 Å². The summed E-state index contributed by atoms with van der Waals surface area (Å²) in [5.74, 6) is -4.51. The molecule has 0 heterocycles. The molecule has 0 saturated carbocycles. The van der Waals surface area contributed by atoms with E-state index in [1.54, 1.807) is 13.8 Å². The Morgan fingerprint density at radius 3 is 1.78 bits per heavy atom. The van der Waals surface area contributed by atoms with Crippen molar-refractivity contribution in [3.05, 3.63) is 0 Å². The molecule has 12 nitrogen and oxygen atoms in total. The van der Waals surface area contributed by atoms with Crippen molar-refractivity contribution in [3.8, 4) is 0 Å². The third-order valence-corrected chi connectivity index (χ3v) is 4.67. The predicted octanol–water partition coefficient (Wildman–Crippen LogP) is -1.80. The molecule has 0 rings (SSSR count). The topological polar surface area (TPSA) is 214 Å². The van der Waals surface area contributed by atoms with Gasteiger partial charge in [-0.3, -0.25) is 19.2 Å². The van der Waals surface area contributed by atoms with E-state index in [0.29, 0.717) is 0 Å². The smallest absolute Gasteiger partial charge is 0.328 e. The predicted molar refractivity (Wildman–Crippen MR) is 116 cm³/mol. The molecule has 0 spiro atoms. The van der Waals surface area contributed by atoms with Crippen molar-refractivity contribution in [1.82, 2.24) is 16.0 Å². The number of amides is 4. The van der Waals surface area contributed by atoms with Crippen molar-refractivity contribution >= 4 is 29.6 Å². The molecule has 5 unspecified atom stereocenters. The van der Waals surface area contributed by atoms with Gasteiger partial charge in [-0.2, -0.15) is 0 Å². The van der Waals surface area contributed by atoms with Crippen LogP contribution >= 0.6 is 0 Å². The number of carbonyl (C=O) groups excluding carboxylic acids is 4. The van der Waals surface area contributed by atoms with Crippen LogP contribution in [-0.4, -0.2) is 70.1 Å². The van der Waals surface area contributed by atoms with Crippen molar-refractivity contribution in [2.75, 3.05) is 0 Å². The van der Waals surface area contributed by atoms with E-state index in [1.165, 1.54) is 6.92 Å². The molecular formula is C20H37N5O7. The van der Waals surface area contributed by atoms with Gasteiger partial charge in [0.15, 0.2) is 6.04 Å². The number of primary amides is 1. The van der Waals surface area contributed by atoms with Gasteiger partial charge in [-0.25, -0.2) is 4.79 Å². The van der Waals surface area contributed by atoms with Crippen LogP contribution in [0.2, 0.25) is 0 Å². The maximum atomic E-state index is 12.9. The molecule has 0 saturated heterocycles. The summed E-state index contributed by atoms with van der Waals surface area (Å²) in [6.07, 6.45) is -1.17. The van der Waals surface area contributed by atoms with E-state index in [4.69, 9.17) is 16.6 Å². The molecule has 32 heavy (non-hydrogen) atoms. The van der Waals surface area contributed by atoms with E-state index < -0.39 is 65.8 Å². The Kier molecular flexibility index (Phi) is 12.5. The van der Waals surface area contributed by atoms with Crippen LogP contribution in [0, 0.1) is 11.8 Å². The average Bonchev–Trinajstić information content (AvgIpc) is 2.65. The van der Waals surface area contributed by atoms with E-state index in [0.717, 1.165) is 0 Å². The lowest BCUT2D eigenvalue weighted by atomic mass is 9.99. The summed E-state index contributed by atoms with van der Waals surface area (Å²) in [7, 11) is 0. The first-order valence-electron chi connectivity index (χ1n) is 10.5. The van der Waals surface area contributed by atoms with Crippen LogP contribution < -0.4 is 27.4 Å². The van der Waals surface area contributed by atoms with Crippen molar-refractivity contribution in [3.63, 3.8) is 0 Å². The molecular weight excluding hydrogens is 422 g/mol. The number of hydrogen-bond donors (Lipinski definition) is 7. The summed E-state index contributed by atoms with van der Waals surface area (Å²) < 4.78 is 0. The Bertz CT molecular complexity index is 681. The summed E-state index contributed by atoms with van der Waals surface area (Å²) in [5.41, 5.74) is 10.8. The molecule has 0 bridgehead atoms. The van der Waals surface area contributed by atoms with Crippen LogP contribution in [-0.2, 0) is 24.0 Å².